The van der Waals surface area contributed by atoms with Crippen molar-refractivity contribution in [3.05, 3.63) is 6.54 Å². The molecule has 0 aliphatic rings. The summed E-state index contributed by atoms with van der Waals surface area (Å²) >= 11 is 0. The number of hydrogen-bond donors (Lipinski definition) is 1. The maximum Gasteiger partial charge on any atom is 0.177 e. The minimum absolute atomic E-state index is 0.771. The Morgan fingerprint density at radius 2 is 2.50 bits per heavy atom. The quantitative estimate of drug-likeness (QED) is 0.299. The summed E-state index contributed by atoms with van der Waals surface area (Å²) in [6, 6.07) is 0. The first-order chi connectivity index (χ1) is 2.91. The molecule has 0 unspecified atom stereocenters. The first-order valence-corrected chi connectivity index (χ1v) is 1.78. The Balaban J connectivity index is 2.54. The van der Waals surface area contributed by atoms with Crippen molar-refractivity contribution in [1.29, 1.82) is 5.26 Å². The molecule has 0 aromatic heterocycles. The minimum Gasteiger partial charge on any atom is -0.313 e. The molecular weight excluding hydrogens is 76.1 g/mol. The van der Waals surface area contributed by atoms with Gasteiger partial charge in [-0.1, -0.05) is 6.92 Å². The molecule has 0 saturated heterocycles. The lowest BCUT2D eigenvalue weighted by atomic mass is 10.5. The van der Waals surface area contributed by atoms with Crippen LogP contribution in [0.3, 0.4) is 0 Å². The van der Waals surface area contributed by atoms with Crippen LogP contribution in [0.4, 0.5) is 0 Å². The highest BCUT2D eigenvalue weighted by Gasteiger charge is 1.72. The van der Waals surface area contributed by atoms with Crippen LogP contribution in [0.25, 0.3) is 0 Å². The molecule has 1 N–H and O–H groups in total. The van der Waals surface area contributed by atoms with E-state index in [1.165, 1.54) is 0 Å². The van der Waals surface area contributed by atoms with Crippen molar-refractivity contribution in [3.8, 4) is 6.19 Å². The predicted molar refractivity (Wildman–Crippen MR) is 22.3 cm³/mol. The Morgan fingerprint density at radius 1 is 1.83 bits per heavy atom. The third-order valence-electron chi connectivity index (χ3n) is 0.321. The lowest BCUT2D eigenvalue weighted by molar-refractivity contribution is 0.946. The van der Waals surface area contributed by atoms with Gasteiger partial charge in [0.15, 0.2) is 6.19 Å². The Labute approximate surface area is 37.8 Å². The molecular formula is C4H6N2. The highest BCUT2D eigenvalue weighted by atomic mass is 14.8. The molecule has 0 fully saturated rings. The molecule has 0 amide bonds. The molecule has 0 aromatic carbocycles. The second-order valence-corrected chi connectivity index (χ2v) is 0.767. The number of hydrogen-bond acceptors (Lipinski definition) is 2. The van der Waals surface area contributed by atoms with Crippen LogP contribution in [0.2, 0.25) is 0 Å². The molecule has 0 aliphatic carbocycles. The predicted octanol–water partition coefficient (Wildman–Crippen LogP) is 0.506. The first kappa shape index (κ1) is 5.29. The van der Waals surface area contributed by atoms with Crippen molar-refractivity contribution in [2.24, 2.45) is 0 Å². The molecule has 2 heteroatoms. The molecule has 2 nitrogen and oxygen atoms in total. The van der Waals surface area contributed by atoms with E-state index in [0.717, 1.165) is 6.42 Å². The fraction of sp³-hybridized carbons (Fsp3) is 0.500. The molecule has 0 atom stereocenters. The maximum atomic E-state index is 7.77. The molecule has 2 radical (unpaired) electrons. The highest BCUT2D eigenvalue weighted by Crippen LogP contribution is 1.72. The first-order valence-electron chi connectivity index (χ1n) is 1.78. The maximum absolute atomic E-state index is 7.77. The largest absolute Gasteiger partial charge is 0.313 e. The zero-order valence-electron chi connectivity index (χ0n) is 3.65. The number of nitriles is 1. The summed E-state index contributed by atoms with van der Waals surface area (Å²) in [6.07, 6.45) is 2.48. The summed E-state index contributed by atoms with van der Waals surface area (Å²) in [6.45, 7) is 4.49. The normalized spacial score (nSPS) is 6.67. The van der Waals surface area contributed by atoms with Crippen molar-refractivity contribution in [1.82, 2.24) is 5.32 Å². The zero-order valence-corrected chi connectivity index (χ0v) is 3.65. The monoisotopic (exact) mass is 82.1 g/mol. The van der Waals surface area contributed by atoms with Gasteiger partial charge in [0.2, 0.25) is 0 Å². The lowest BCUT2D eigenvalue weighted by Gasteiger charge is -1.81. The van der Waals surface area contributed by atoms with Crippen LogP contribution < -0.4 is 5.32 Å². The van der Waals surface area contributed by atoms with Gasteiger partial charge in [-0.3, -0.25) is 0 Å². The highest BCUT2D eigenvalue weighted by molar-refractivity contribution is 4.71. The average Bonchev–Trinajstić information content (AvgIpc) is 1.61. The molecule has 32 valence electrons. The fourth-order valence-corrected chi connectivity index (χ4v) is 0.128. The number of nitrogens with zero attached hydrogens (tertiary/aromatic N) is 1. The van der Waals surface area contributed by atoms with E-state index in [1.807, 2.05) is 6.92 Å². The summed E-state index contributed by atoms with van der Waals surface area (Å²) in [5, 5.41) is 10.0. The van der Waals surface area contributed by atoms with Gasteiger partial charge in [0.25, 0.3) is 0 Å². The van der Waals surface area contributed by atoms with Gasteiger partial charge in [0, 0.05) is 0 Å². The zero-order chi connectivity index (χ0) is 4.83. The van der Waals surface area contributed by atoms with Gasteiger partial charge < -0.3 is 5.32 Å². The van der Waals surface area contributed by atoms with Crippen molar-refractivity contribution >= 4 is 0 Å². The van der Waals surface area contributed by atoms with Crippen LogP contribution in [-0.4, -0.2) is 0 Å². The van der Waals surface area contributed by atoms with E-state index in [9.17, 15) is 0 Å². The fourth-order valence-electron chi connectivity index (χ4n) is 0.128. The SMILES string of the molecule is CC[C]NC#N. The Hall–Kier alpha value is -0.710. The summed E-state index contributed by atoms with van der Waals surface area (Å²) in [7, 11) is 0. The third kappa shape index (κ3) is 3.29. The smallest absolute Gasteiger partial charge is 0.177 e. The van der Waals surface area contributed by atoms with Gasteiger partial charge >= 0.3 is 0 Å². The molecule has 6 heavy (non-hydrogen) atoms. The second-order valence-electron chi connectivity index (χ2n) is 0.767. The van der Waals surface area contributed by atoms with E-state index in [2.05, 4.69) is 11.9 Å². The van der Waals surface area contributed by atoms with Crippen LogP contribution in [0, 0.1) is 18.0 Å². The molecule has 0 saturated carbocycles. The van der Waals surface area contributed by atoms with Crippen molar-refractivity contribution in [3.63, 3.8) is 0 Å². The van der Waals surface area contributed by atoms with E-state index in [4.69, 9.17) is 5.26 Å². The molecule has 0 rings (SSSR count). The Bertz CT molecular complexity index is 53.1. The van der Waals surface area contributed by atoms with E-state index in [-0.39, 0.29) is 0 Å². The summed E-state index contributed by atoms with van der Waals surface area (Å²) in [5.74, 6) is 0. The molecule has 0 heterocycles. The molecule has 0 aliphatic heterocycles. The van der Waals surface area contributed by atoms with Gasteiger partial charge in [0.1, 0.15) is 0 Å². The van der Waals surface area contributed by atoms with Crippen molar-refractivity contribution in [2.75, 3.05) is 0 Å². The van der Waals surface area contributed by atoms with E-state index in [0.29, 0.717) is 0 Å². The summed E-state index contributed by atoms with van der Waals surface area (Å²) in [5.41, 5.74) is 0. The van der Waals surface area contributed by atoms with Crippen molar-refractivity contribution in [2.45, 2.75) is 13.3 Å². The van der Waals surface area contributed by atoms with E-state index >= 15 is 0 Å². The molecule has 0 aromatic rings. The molecule has 0 spiro atoms. The lowest BCUT2D eigenvalue weighted by Crippen LogP contribution is -1.96. The van der Waals surface area contributed by atoms with Crippen LogP contribution >= 0.6 is 0 Å². The minimum atomic E-state index is 0.771. The van der Waals surface area contributed by atoms with Gasteiger partial charge in [-0.05, 0) is 6.42 Å². The van der Waals surface area contributed by atoms with Crippen LogP contribution in [0.5, 0.6) is 0 Å². The van der Waals surface area contributed by atoms with Gasteiger partial charge in [0.05, 0.1) is 6.54 Å². The Kier molecular flexibility index (Phi) is 3.78. The topological polar surface area (TPSA) is 35.8 Å². The number of nitrogens with one attached hydrogen (secondary N) is 1. The van der Waals surface area contributed by atoms with Crippen LogP contribution in [0.1, 0.15) is 13.3 Å². The Morgan fingerprint density at radius 3 is 2.67 bits per heavy atom. The van der Waals surface area contributed by atoms with Crippen LogP contribution in [0.15, 0.2) is 0 Å². The third-order valence-corrected chi connectivity index (χ3v) is 0.321. The van der Waals surface area contributed by atoms with Gasteiger partial charge in [-0.15, -0.1) is 0 Å². The van der Waals surface area contributed by atoms with E-state index in [1.54, 1.807) is 6.19 Å². The molecule has 0 bridgehead atoms. The van der Waals surface area contributed by atoms with Gasteiger partial charge in [-0.2, -0.15) is 5.26 Å². The standard InChI is InChI=1S/C4H6N2/c1-2-3-6-4-5/h6H,2H2,1H3. The second kappa shape index (κ2) is 4.29. The number of rotatable bonds is 2. The van der Waals surface area contributed by atoms with Crippen LogP contribution in [-0.2, 0) is 0 Å². The summed E-state index contributed by atoms with van der Waals surface area (Å²) in [4.78, 5) is 0. The van der Waals surface area contributed by atoms with Crippen molar-refractivity contribution < 1.29 is 0 Å². The van der Waals surface area contributed by atoms with Gasteiger partial charge in [-0.25, -0.2) is 0 Å². The summed E-state index contributed by atoms with van der Waals surface area (Å²) < 4.78 is 0. The average molecular weight is 82.1 g/mol. The van der Waals surface area contributed by atoms with E-state index < -0.39 is 0 Å².